The fraction of sp³-hybridized carbons (Fsp3) is 0.826. The van der Waals surface area contributed by atoms with E-state index < -0.39 is 11.8 Å². The van der Waals surface area contributed by atoms with Crippen molar-refractivity contribution in [1.82, 2.24) is 26.2 Å². The van der Waals surface area contributed by atoms with Gasteiger partial charge < -0.3 is 21.6 Å². The van der Waals surface area contributed by atoms with Crippen molar-refractivity contribution in [2.45, 2.75) is 83.5 Å². The van der Waals surface area contributed by atoms with Crippen molar-refractivity contribution in [3.8, 4) is 0 Å². The summed E-state index contributed by atoms with van der Waals surface area (Å²) in [6.07, 6.45) is 6.46. The summed E-state index contributed by atoms with van der Waals surface area (Å²) in [7, 11) is 0. The summed E-state index contributed by atoms with van der Waals surface area (Å²) < 4.78 is 0. The molecule has 0 aromatic carbocycles. The molecule has 0 unspecified atom stereocenters. The van der Waals surface area contributed by atoms with Gasteiger partial charge in [0.05, 0.1) is 0 Å². The smallest absolute Gasteiger partial charge is 0.246 e. The van der Waals surface area contributed by atoms with E-state index >= 15 is 0 Å². The Morgan fingerprint density at radius 2 is 1.00 bits per heavy atom. The molecule has 0 aromatic heterocycles. The van der Waals surface area contributed by atoms with E-state index in [2.05, 4.69) is 16.1 Å². The molecule has 36 heavy (non-hydrogen) atoms. The van der Waals surface area contributed by atoms with E-state index in [1.54, 1.807) is 0 Å². The van der Waals surface area contributed by atoms with E-state index in [4.69, 9.17) is 10.9 Å². The summed E-state index contributed by atoms with van der Waals surface area (Å²) in [5.74, 6) is -1.53. The molecule has 13 nitrogen and oxygen atoms in total. The third-order valence-electron chi connectivity index (χ3n) is 5.44. The summed E-state index contributed by atoms with van der Waals surface area (Å²) in [4.78, 5) is 47.3. The molecule has 0 saturated heterocycles. The molecular weight excluding hydrogens is 472 g/mol. The van der Waals surface area contributed by atoms with E-state index in [0.29, 0.717) is 62.0 Å². The second kappa shape index (κ2) is 23.1. The van der Waals surface area contributed by atoms with Crippen LogP contribution in [0.3, 0.4) is 0 Å². The van der Waals surface area contributed by atoms with Crippen molar-refractivity contribution in [2.75, 3.05) is 39.3 Å². The summed E-state index contributed by atoms with van der Waals surface area (Å²) >= 11 is 0. The van der Waals surface area contributed by atoms with Gasteiger partial charge in [0, 0.05) is 58.4 Å². The third kappa shape index (κ3) is 19.9. The molecule has 0 radical (unpaired) electrons. The highest BCUT2D eigenvalue weighted by atomic mass is 16.5. The Morgan fingerprint density at radius 3 is 1.44 bits per heavy atom. The number of carbonyl (C=O) groups is 4. The second-order valence-electron chi connectivity index (χ2n) is 8.61. The van der Waals surface area contributed by atoms with E-state index in [9.17, 15) is 29.6 Å². The van der Waals surface area contributed by atoms with Crippen LogP contribution in [0.4, 0.5) is 0 Å². The van der Waals surface area contributed by atoms with Gasteiger partial charge in [-0.1, -0.05) is 12.8 Å². The SMILES string of the molecule is NCCCCCN(O)C(=O)CCC(=O)NCCCCCN(O)C(=O)CCC(=O)NCCCCCNO. The first-order valence-corrected chi connectivity index (χ1v) is 12.9. The minimum absolute atomic E-state index is 0.00491. The normalized spacial score (nSPS) is 10.7. The lowest BCUT2D eigenvalue weighted by Gasteiger charge is -2.15. The number of unbranched alkanes of at least 4 members (excludes halogenated alkanes) is 6. The largest absolute Gasteiger partial charge is 0.356 e. The third-order valence-corrected chi connectivity index (χ3v) is 5.44. The number of nitrogens with two attached hydrogens (primary N) is 1. The first kappa shape index (κ1) is 33.7. The van der Waals surface area contributed by atoms with Gasteiger partial charge in [-0.05, 0) is 51.5 Å². The Balaban J connectivity index is 3.72. The molecule has 0 aliphatic carbocycles. The zero-order valence-corrected chi connectivity index (χ0v) is 21.4. The lowest BCUT2D eigenvalue weighted by molar-refractivity contribution is -0.166. The Morgan fingerprint density at radius 1 is 0.583 bits per heavy atom. The first-order valence-electron chi connectivity index (χ1n) is 12.9. The maximum atomic E-state index is 11.9. The Kier molecular flexibility index (Phi) is 21.6. The number of amides is 4. The molecule has 0 bridgehead atoms. The number of rotatable bonds is 23. The Bertz CT molecular complexity index is 624. The van der Waals surface area contributed by atoms with Crippen molar-refractivity contribution in [1.29, 1.82) is 0 Å². The highest BCUT2D eigenvalue weighted by molar-refractivity contribution is 5.83. The highest BCUT2D eigenvalue weighted by Gasteiger charge is 2.14. The molecule has 0 saturated carbocycles. The van der Waals surface area contributed by atoms with E-state index in [1.165, 1.54) is 0 Å². The van der Waals surface area contributed by atoms with Crippen LogP contribution in [0.25, 0.3) is 0 Å². The lowest BCUT2D eigenvalue weighted by atomic mass is 10.2. The van der Waals surface area contributed by atoms with Gasteiger partial charge in [0.2, 0.25) is 23.6 Å². The van der Waals surface area contributed by atoms with Crippen LogP contribution in [-0.2, 0) is 19.2 Å². The molecule has 210 valence electrons. The number of nitrogens with zero attached hydrogens (tertiary/aromatic N) is 2. The highest BCUT2D eigenvalue weighted by Crippen LogP contribution is 2.03. The molecule has 0 rings (SSSR count). The van der Waals surface area contributed by atoms with Gasteiger partial charge in [-0.25, -0.2) is 15.6 Å². The van der Waals surface area contributed by atoms with Crippen LogP contribution in [0.15, 0.2) is 0 Å². The van der Waals surface area contributed by atoms with Crippen LogP contribution in [0.5, 0.6) is 0 Å². The lowest BCUT2D eigenvalue weighted by Crippen LogP contribution is -2.31. The van der Waals surface area contributed by atoms with Crippen molar-refractivity contribution in [3.63, 3.8) is 0 Å². The van der Waals surface area contributed by atoms with Gasteiger partial charge in [-0.3, -0.25) is 29.6 Å². The molecule has 0 spiro atoms. The minimum Gasteiger partial charge on any atom is -0.356 e. The number of hydroxylamine groups is 5. The maximum Gasteiger partial charge on any atom is 0.246 e. The first-order chi connectivity index (χ1) is 17.3. The standard InChI is InChI=1S/C23H46N6O7/c24-14-4-1-8-18-28(35)22(32)12-11-21(31)26-16-6-3-9-19-29(36)23(33)13-10-20(30)25-15-5-2-7-17-27-34/h27,34-36H,1-19,24H2,(H,25,30)(H,26,31). The molecule has 0 atom stereocenters. The summed E-state index contributed by atoms with van der Waals surface area (Å²) in [5, 5.41) is 34.6. The zero-order chi connectivity index (χ0) is 27.0. The molecule has 13 heteroatoms. The number of hydrogen-bond acceptors (Lipinski definition) is 9. The quantitative estimate of drug-likeness (QED) is 0.0577. The fourth-order valence-corrected chi connectivity index (χ4v) is 3.23. The van der Waals surface area contributed by atoms with Crippen molar-refractivity contribution >= 4 is 23.6 Å². The van der Waals surface area contributed by atoms with Crippen molar-refractivity contribution in [2.24, 2.45) is 5.73 Å². The van der Waals surface area contributed by atoms with E-state index in [1.807, 2.05) is 0 Å². The molecular formula is C23H46N6O7. The topological polar surface area (TPSA) is 198 Å². The van der Waals surface area contributed by atoms with Gasteiger partial charge in [-0.15, -0.1) is 0 Å². The van der Waals surface area contributed by atoms with Crippen LogP contribution >= 0.6 is 0 Å². The maximum absolute atomic E-state index is 11.9. The van der Waals surface area contributed by atoms with Crippen LogP contribution in [0, 0.1) is 0 Å². The average molecular weight is 519 g/mol. The molecule has 0 aliphatic heterocycles. The van der Waals surface area contributed by atoms with Crippen LogP contribution in [-0.4, -0.2) is 88.6 Å². The molecule has 0 fully saturated rings. The van der Waals surface area contributed by atoms with Gasteiger partial charge in [-0.2, -0.15) is 0 Å². The minimum atomic E-state index is -0.519. The van der Waals surface area contributed by atoms with Gasteiger partial charge >= 0.3 is 0 Å². The number of carbonyl (C=O) groups excluding carboxylic acids is 4. The number of hydrogen-bond donors (Lipinski definition) is 7. The predicted molar refractivity (Wildman–Crippen MR) is 132 cm³/mol. The van der Waals surface area contributed by atoms with Crippen molar-refractivity contribution < 1.29 is 34.8 Å². The molecule has 0 aromatic rings. The Hall–Kier alpha value is -2.32. The van der Waals surface area contributed by atoms with Gasteiger partial charge in [0.25, 0.3) is 0 Å². The molecule has 0 aliphatic rings. The van der Waals surface area contributed by atoms with Gasteiger partial charge in [0.15, 0.2) is 0 Å². The van der Waals surface area contributed by atoms with Crippen LogP contribution < -0.4 is 21.8 Å². The van der Waals surface area contributed by atoms with Gasteiger partial charge in [0.1, 0.15) is 0 Å². The Labute approximate surface area is 213 Å². The summed E-state index contributed by atoms with van der Waals surface area (Å²) in [6, 6.07) is 0. The molecule has 0 heterocycles. The second-order valence-corrected chi connectivity index (χ2v) is 8.61. The predicted octanol–water partition coefficient (Wildman–Crippen LogP) is 0.663. The fourth-order valence-electron chi connectivity index (χ4n) is 3.23. The summed E-state index contributed by atoms with van der Waals surface area (Å²) in [5.41, 5.74) is 7.46. The summed E-state index contributed by atoms with van der Waals surface area (Å²) in [6.45, 7) is 2.35. The van der Waals surface area contributed by atoms with Crippen molar-refractivity contribution in [3.05, 3.63) is 0 Å². The van der Waals surface area contributed by atoms with E-state index in [-0.39, 0.29) is 50.6 Å². The number of nitrogens with one attached hydrogen (secondary N) is 3. The van der Waals surface area contributed by atoms with Crippen LogP contribution in [0.2, 0.25) is 0 Å². The zero-order valence-electron chi connectivity index (χ0n) is 21.4. The molecule has 8 N–H and O–H groups in total. The van der Waals surface area contributed by atoms with E-state index in [0.717, 1.165) is 32.1 Å². The molecule has 4 amide bonds. The van der Waals surface area contributed by atoms with Crippen LogP contribution in [0.1, 0.15) is 83.5 Å². The average Bonchev–Trinajstić information content (AvgIpc) is 2.87. The monoisotopic (exact) mass is 518 g/mol.